The molecule has 0 radical (unpaired) electrons. The van der Waals surface area contributed by atoms with Gasteiger partial charge in [-0.15, -0.1) is 0 Å². The van der Waals surface area contributed by atoms with Crippen LogP contribution in [0, 0.1) is 17.3 Å². The molecule has 7 aromatic carbocycles. The standard InChI is InChI=1S/C58H43N3O/c1-56-45-17-6-8-19-47(45)58(48-20-9-7-18-46(48)56,50-30-44-38-26-40-28-39-25-37(31-57(39,40)32-38)43(44)29-49(50)56)55-60-53(35-15-11-14-34(24-35)33-12-3-2-4-13-33)59-54(61-55)36-22-23-42-41-16-5-10-21-51(41)62-52(42)27-36/h2-24,27,29-30,37-40H,25-26,28,31-32H2,1H3. The molecule has 7 aliphatic carbocycles. The fraction of sp³-hybridized carbons (Fsp3) is 0.224. The van der Waals surface area contributed by atoms with Crippen molar-refractivity contribution in [2.24, 2.45) is 17.3 Å². The molecule has 62 heavy (non-hydrogen) atoms. The highest BCUT2D eigenvalue weighted by Crippen LogP contribution is 2.76. The second-order valence-corrected chi connectivity index (χ2v) is 19.7. The fourth-order valence-electron chi connectivity index (χ4n) is 14.6. The van der Waals surface area contributed by atoms with Gasteiger partial charge in [0.2, 0.25) is 0 Å². The van der Waals surface area contributed by atoms with Crippen LogP contribution in [0.4, 0.5) is 0 Å². The molecule has 16 rings (SSSR count). The molecule has 5 bridgehead atoms. The molecule has 3 saturated carbocycles. The van der Waals surface area contributed by atoms with Crippen molar-refractivity contribution in [2.75, 3.05) is 0 Å². The number of hydrogen-bond acceptors (Lipinski definition) is 4. The third kappa shape index (κ3) is 4.08. The molecule has 2 heterocycles. The van der Waals surface area contributed by atoms with Crippen molar-refractivity contribution in [1.29, 1.82) is 0 Å². The first kappa shape index (κ1) is 34.0. The number of furan rings is 1. The van der Waals surface area contributed by atoms with E-state index in [0.29, 0.717) is 28.9 Å². The lowest BCUT2D eigenvalue weighted by atomic mass is 9.47. The van der Waals surface area contributed by atoms with Crippen LogP contribution in [0.5, 0.6) is 0 Å². The van der Waals surface area contributed by atoms with Gasteiger partial charge in [-0.1, -0.05) is 133 Å². The number of hydrogen-bond donors (Lipinski definition) is 0. The normalized spacial score (nSPS) is 27.6. The van der Waals surface area contributed by atoms with Crippen molar-refractivity contribution in [3.8, 4) is 33.9 Å². The van der Waals surface area contributed by atoms with E-state index < -0.39 is 5.41 Å². The molecule has 5 unspecified atom stereocenters. The van der Waals surface area contributed by atoms with E-state index in [2.05, 4.69) is 153 Å². The van der Waals surface area contributed by atoms with Gasteiger partial charge in [0.25, 0.3) is 0 Å². The highest BCUT2D eigenvalue weighted by atomic mass is 16.3. The molecule has 4 nitrogen and oxygen atoms in total. The minimum Gasteiger partial charge on any atom is -0.456 e. The second kappa shape index (κ2) is 11.6. The minimum atomic E-state index is -0.772. The summed E-state index contributed by atoms with van der Waals surface area (Å²) >= 11 is 0. The lowest BCUT2D eigenvalue weighted by Crippen LogP contribution is -2.51. The van der Waals surface area contributed by atoms with Gasteiger partial charge < -0.3 is 4.42 Å². The van der Waals surface area contributed by atoms with Crippen molar-refractivity contribution in [3.63, 3.8) is 0 Å². The predicted octanol–water partition coefficient (Wildman–Crippen LogP) is 13.5. The topological polar surface area (TPSA) is 51.8 Å². The zero-order valence-corrected chi connectivity index (χ0v) is 34.6. The summed E-state index contributed by atoms with van der Waals surface area (Å²) in [4.78, 5) is 16.9. The maximum Gasteiger partial charge on any atom is 0.163 e. The molecule has 0 N–H and O–H groups in total. The Morgan fingerprint density at radius 3 is 1.76 bits per heavy atom. The van der Waals surface area contributed by atoms with Gasteiger partial charge in [0.1, 0.15) is 16.6 Å². The summed E-state index contributed by atoms with van der Waals surface area (Å²) < 4.78 is 6.49. The number of para-hydroxylation sites is 1. The molecule has 1 spiro atoms. The van der Waals surface area contributed by atoms with Crippen LogP contribution in [0.15, 0.2) is 162 Å². The molecule has 9 aromatic rings. The Hall–Kier alpha value is -6.65. The molecular weight excluding hydrogens is 755 g/mol. The van der Waals surface area contributed by atoms with Crippen LogP contribution in [0.2, 0.25) is 0 Å². The predicted molar refractivity (Wildman–Crippen MR) is 245 cm³/mol. The van der Waals surface area contributed by atoms with Crippen molar-refractivity contribution in [3.05, 3.63) is 208 Å². The molecule has 5 atom stereocenters. The van der Waals surface area contributed by atoms with Crippen LogP contribution in [0.25, 0.3) is 55.8 Å². The van der Waals surface area contributed by atoms with Crippen molar-refractivity contribution < 1.29 is 4.42 Å². The smallest absolute Gasteiger partial charge is 0.163 e. The number of rotatable bonds is 4. The Kier molecular flexibility index (Phi) is 6.37. The first-order valence-corrected chi connectivity index (χ1v) is 22.7. The van der Waals surface area contributed by atoms with E-state index in [9.17, 15) is 0 Å². The molecule has 3 fully saturated rings. The summed E-state index contributed by atoms with van der Waals surface area (Å²) in [6.45, 7) is 2.50. The van der Waals surface area contributed by atoms with Crippen molar-refractivity contribution in [1.82, 2.24) is 15.0 Å². The SMILES string of the molecule is CC12c3ccccc3C(c3nc(-c4cccc(-c5ccccc5)c4)nc(-c4ccc5c(c4)oc4ccccc45)n3)(c3ccccc31)c1cc3c(cc12)C1CC2CC4CC3CC24C1. The fourth-order valence-corrected chi connectivity index (χ4v) is 14.6. The Labute approximate surface area is 360 Å². The maximum atomic E-state index is 6.49. The highest BCUT2D eigenvalue weighted by Gasteiger charge is 2.66. The summed E-state index contributed by atoms with van der Waals surface area (Å²) in [6.07, 6.45) is 6.90. The third-order valence-electron chi connectivity index (χ3n) is 17.2. The van der Waals surface area contributed by atoms with E-state index in [0.717, 1.165) is 61.9 Å². The Morgan fingerprint density at radius 1 is 0.452 bits per heavy atom. The van der Waals surface area contributed by atoms with Gasteiger partial charge in [0, 0.05) is 27.3 Å². The minimum absolute atomic E-state index is 0.321. The van der Waals surface area contributed by atoms with Gasteiger partial charge in [0.05, 0.1) is 0 Å². The molecule has 4 heteroatoms. The first-order chi connectivity index (χ1) is 30.5. The molecule has 0 amide bonds. The monoisotopic (exact) mass is 797 g/mol. The average molecular weight is 798 g/mol. The van der Waals surface area contributed by atoms with Gasteiger partial charge in [0.15, 0.2) is 17.5 Å². The van der Waals surface area contributed by atoms with Gasteiger partial charge in [-0.05, 0) is 148 Å². The first-order valence-electron chi connectivity index (χ1n) is 22.7. The molecular formula is C58H43N3O. The zero-order valence-electron chi connectivity index (χ0n) is 34.6. The molecule has 0 saturated heterocycles. The van der Waals surface area contributed by atoms with Gasteiger partial charge in [-0.2, -0.15) is 0 Å². The maximum absolute atomic E-state index is 6.49. The number of nitrogens with zero attached hydrogens (tertiary/aromatic N) is 3. The molecule has 0 aliphatic heterocycles. The summed E-state index contributed by atoms with van der Waals surface area (Å²) in [5.74, 6) is 5.19. The quantitative estimate of drug-likeness (QED) is 0.178. The number of fused-ring (bicyclic) bond motifs is 8. The van der Waals surface area contributed by atoms with E-state index in [1.54, 1.807) is 11.1 Å². The highest BCUT2D eigenvalue weighted by molar-refractivity contribution is 6.05. The largest absolute Gasteiger partial charge is 0.456 e. The Bertz CT molecular complexity index is 3370. The van der Waals surface area contributed by atoms with Crippen LogP contribution in [0.3, 0.4) is 0 Å². The third-order valence-corrected chi connectivity index (χ3v) is 17.2. The van der Waals surface area contributed by atoms with Crippen LogP contribution in [0.1, 0.15) is 101 Å². The van der Waals surface area contributed by atoms with Crippen LogP contribution in [-0.2, 0) is 10.8 Å². The van der Waals surface area contributed by atoms with E-state index in [4.69, 9.17) is 19.4 Å². The van der Waals surface area contributed by atoms with Gasteiger partial charge >= 0.3 is 0 Å². The summed E-state index contributed by atoms with van der Waals surface area (Å²) in [5.41, 5.74) is 16.7. The van der Waals surface area contributed by atoms with E-state index in [1.807, 2.05) is 12.1 Å². The summed E-state index contributed by atoms with van der Waals surface area (Å²) in [6, 6.07) is 57.9. The van der Waals surface area contributed by atoms with Gasteiger partial charge in [-0.25, -0.2) is 15.0 Å². The van der Waals surface area contributed by atoms with Crippen LogP contribution in [-0.4, -0.2) is 15.0 Å². The van der Waals surface area contributed by atoms with Crippen LogP contribution >= 0.6 is 0 Å². The van der Waals surface area contributed by atoms with Crippen molar-refractivity contribution in [2.45, 2.75) is 61.7 Å². The van der Waals surface area contributed by atoms with E-state index >= 15 is 0 Å². The molecule has 7 aliphatic rings. The average Bonchev–Trinajstić information content (AvgIpc) is 3.93. The Balaban J connectivity index is 1.04. The molecule has 296 valence electrons. The van der Waals surface area contributed by atoms with E-state index in [-0.39, 0.29) is 5.41 Å². The number of benzene rings is 7. The Morgan fingerprint density at radius 2 is 1.03 bits per heavy atom. The van der Waals surface area contributed by atoms with Gasteiger partial charge in [-0.3, -0.25) is 0 Å². The summed E-state index contributed by atoms with van der Waals surface area (Å²) in [5, 5.41) is 2.20. The van der Waals surface area contributed by atoms with Crippen LogP contribution < -0.4 is 0 Å². The van der Waals surface area contributed by atoms with Crippen molar-refractivity contribution >= 4 is 21.9 Å². The lowest BCUT2D eigenvalue weighted by Gasteiger charge is -2.55. The van der Waals surface area contributed by atoms with E-state index in [1.165, 1.54) is 65.5 Å². The molecule has 2 aromatic heterocycles. The zero-order chi connectivity index (χ0) is 40.5. The number of aromatic nitrogens is 3. The second-order valence-electron chi connectivity index (χ2n) is 19.7. The lowest BCUT2D eigenvalue weighted by molar-refractivity contribution is 0.00322. The summed E-state index contributed by atoms with van der Waals surface area (Å²) in [7, 11) is 0.